The van der Waals surface area contributed by atoms with Gasteiger partial charge in [-0.1, -0.05) is 24.3 Å². The molecular formula is C15H18N4O3S. The van der Waals surface area contributed by atoms with E-state index in [-0.39, 0.29) is 24.2 Å². The third-order valence-corrected chi connectivity index (χ3v) is 4.03. The topological polar surface area (TPSA) is 97.1 Å². The second-order valence-corrected chi connectivity index (χ2v) is 6.24. The molecule has 0 spiro atoms. The van der Waals surface area contributed by atoms with E-state index in [1.54, 1.807) is 11.8 Å². The van der Waals surface area contributed by atoms with Gasteiger partial charge in [0.05, 0.1) is 12.2 Å². The van der Waals surface area contributed by atoms with Crippen LogP contribution in [0.5, 0.6) is 0 Å². The summed E-state index contributed by atoms with van der Waals surface area (Å²) in [6.45, 7) is 3.92. The number of rotatable bonds is 7. The molecule has 1 aromatic carbocycles. The Balaban J connectivity index is 1.91. The number of carbonyl (C=O) groups excluding carboxylic acids is 1. The maximum atomic E-state index is 12.0. The monoisotopic (exact) mass is 334 g/mol. The molecule has 0 saturated carbocycles. The minimum atomic E-state index is -1.17. The van der Waals surface area contributed by atoms with Gasteiger partial charge in [0.1, 0.15) is 6.54 Å². The summed E-state index contributed by atoms with van der Waals surface area (Å²) < 4.78 is 1.20. The maximum Gasteiger partial charge on any atom is 0.358 e. The number of benzene rings is 1. The highest BCUT2D eigenvalue weighted by atomic mass is 32.2. The molecule has 2 N–H and O–H groups in total. The van der Waals surface area contributed by atoms with Crippen molar-refractivity contribution in [2.45, 2.75) is 31.3 Å². The van der Waals surface area contributed by atoms with Crippen molar-refractivity contribution in [1.29, 1.82) is 0 Å². The molecule has 1 heterocycles. The van der Waals surface area contributed by atoms with Gasteiger partial charge in [0.15, 0.2) is 5.69 Å². The molecule has 23 heavy (non-hydrogen) atoms. The van der Waals surface area contributed by atoms with Crippen LogP contribution in [0.15, 0.2) is 35.4 Å². The van der Waals surface area contributed by atoms with Crippen LogP contribution >= 0.6 is 11.8 Å². The van der Waals surface area contributed by atoms with Crippen molar-refractivity contribution >= 4 is 23.6 Å². The number of thioether (sulfide) groups is 1. The molecule has 1 aromatic heterocycles. The van der Waals surface area contributed by atoms with Crippen molar-refractivity contribution in [3.05, 3.63) is 41.7 Å². The van der Waals surface area contributed by atoms with Crippen molar-refractivity contribution in [1.82, 2.24) is 20.3 Å². The van der Waals surface area contributed by atoms with E-state index in [1.165, 1.54) is 15.8 Å². The fraction of sp³-hybridized carbons (Fsp3) is 0.333. The fourth-order valence-electron chi connectivity index (χ4n) is 2.01. The molecule has 2 rings (SSSR count). The first-order valence-corrected chi connectivity index (χ1v) is 8.13. The number of aromatic carboxylic acids is 1. The number of carboxylic acids is 1. The zero-order valence-corrected chi connectivity index (χ0v) is 13.7. The molecule has 0 radical (unpaired) electrons. The number of amides is 1. The molecule has 122 valence electrons. The van der Waals surface area contributed by atoms with Crippen LogP contribution < -0.4 is 5.32 Å². The summed E-state index contributed by atoms with van der Waals surface area (Å²) in [6.07, 6.45) is 1.23. The Kier molecular flexibility index (Phi) is 5.75. The van der Waals surface area contributed by atoms with Crippen LogP contribution in [0.4, 0.5) is 0 Å². The normalized spacial score (nSPS) is 11.9. The number of hydrogen-bond acceptors (Lipinski definition) is 5. The molecule has 1 amide bonds. The van der Waals surface area contributed by atoms with Gasteiger partial charge in [-0.3, -0.25) is 4.79 Å². The lowest BCUT2D eigenvalue weighted by molar-refractivity contribution is -0.122. The Morgan fingerprint density at radius 1 is 1.35 bits per heavy atom. The number of carbonyl (C=O) groups is 2. The van der Waals surface area contributed by atoms with Gasteiger partial charge in [0.25, 0.3) is 0 Å². The lowest BCUT2D eigenvalue weighted by Gasteiger charge is -2.14. The van der Waals surface area contributed by atoms with E-state index in [0.29, 0.717) is 0 Å². The third-order valence-electron chi connectivity index (χ3n) is 3.13. The second-order valence-electron chi connectivity index (χ2n) is 4.90. The van der Waals surface area contributed by atoms with Crippen LogP contribution in [0, 0.1) is 0 Å². The lowest BCUT2D eigenvalue weighted by Crippen LogP contribution is -2.30. The van der Waals surface area contributed by atoms with Gasteiger partial charge < -0.3 is 10.4 Å². The summed E-state index contributed by atoms with van der Waals surface area (Å²) in [5.41, 5.74) is 0.818. The number of nitrogens with zero attached hydrogens (tertiary/aromatic N) is 3. The van der Waals surface area contributed by atoms with E-state index in [1.807, 2.05) is 31.2 Å². The maximum absolute atomic E-state index is 12.0. The van der Waals surface area contributed by atoms with Crippen LogP contribution in [0.3, 0.4) is 0 Å². The van der Waals surface area contributed by atoms with Crippen LogP contribution in [0.2, 0.25) is 0 Å². The lowest BCUT2D eigenvalue weighted by atomic mass is 10.1. The van der Waals surface area contributed by atoms with Crippen molar-refractivity contribution in [2.75, 3.05) is 5.75 Å². The SMILES string of the molecule is CCSc1ccc(C(C)NC(=O)Cn2cc(C(=O)O)nn2)cc1. The van der Waals surface area contributed by atoms with Gasteiger partial charge >= 0.3 is 5.97 Å². The number of aromatic nitrogens is 3. The summed E-state index contributed by atoms with van der Waals surface area (Å²) in [5, 5.41) is 18.7. The molecule has 0 aliphatic heterocycles. The summed E-state index contributed by atoms with van der Waals surface area (Å²) >= 11 is 1.76. The highest BCUT2D eigenvalue weighted by Crippen LogP contribution is 2.20. The van der Waals surface area contributed by atoms with Crippen LogP contribution in [-0.4, -0.2) is 37.7 Å². The minimum absolute atomic E-state index is 0.0750. The Morgan fingerprint density at radius 2 is 2.04 bits per heavy atom. The highest BCUT2D eigenvalue weighted by molar-refractivity contribution is 7.99. The molecule has 0 saturated heterocycles. The summed E-state index contributed by atoms with van der Waals surface area (Å²) in [5.74, 6) is -0.413. The van der Waals surface area contributed by atoms with Gasteiger partial charge in [0.2, 0.25) is 5.91 Å². The third kappa shape index (κ3) is 4.82. The summed E-state index contributed by atoms with van der Waals surface area (Å²) in [4.78, 5) is 23.9. The molecule has 2 aromatic rings. The van der Waals surface area contributed by atoms with Crippen LogP contribution in [-0.2, 0) is 11.3 Å². The van der Waals surface area contributed by atoms with Crippen LogP contribution in [0.25, 0.3) is 0 Å². The standard InChI is InChI=1S/C15H18N4O3S/c1-3-23-12-6-4-11(5-7-12)10(2)16-14(20)9-19-8-13(15(21)22)17-18-19/h4-8,10H,3,9H2,1-2H3,(H,16,20)(H,21,22). The van der Waals surface area contributed by atoms with Gasteiger partial charge in [-0.2, -0.15) is 0 Å². The predicted octanol–water partition coefficient (Wildman–Crippen LogP) is 1.97. The molecule has 0 bridgehead atoms. The zero-order valence-electron chi connectivity index (χ0n) is 12.9. The first-order valence-electron chi connectivity index (χ1n) is 7.15. The quantitative estimate of drug-likeness (QED) is 0.751. The van der Waals surface area contributed by atoms with Crippen molar-refractivity contribution in [3.8, 4) is 0 Å². The Bertz CT molecular complexity index is 684. The molecule has 0 fully saturated rings. The van der Waals surface area contributed by atoms with E-state index >= 15 is 0 Å². The molecule has 1 atom stereocenters. The highest BCUT2D eigenvalue weighted by Gasteiger charge is 2.13. The largest absolute Gasteiger partial charge is 0.476 e. The molecule has 8 heteroatoms. The second kappa shape index (κ2) is 7.77. The average molecular weight is 334 g/mol. The van der Waals surface area contributed by atoms with E-state index in [2.05, 4.69) is 22.6 Å². The molecular weight excluding hydrogens is 316 g/mol. The van der Waals surface area contributed by atoms with Crippen molar-refractivity contribution in [2.24, 2.45) is 0 Å². The van der Waals surface area contributed by atoms with E-state index in [9.17, 15) is 9.59 Å². The Labute approximate surface area is 138 Å². The average Bonchev–Trinajstić information content (AvgIpc) is 2.96. The van der Waals surface area contributed by atoms with Crippen molar-refractivity contribution < 1.29 is 14.7 Å². The van der Waals surface area contributed by atoms with Gasteiger partial charge in [-0.15, -0.1) is 16.9 Å². The zero-order chi connectivity index (χ0) is 16.8. The van der Waals surface area contributed by atoms with Gasteiger partial charge in [-0.25, -0.2) is 9.48 Å². The molecule has 7 nitrogen and oxygen atoms in total. The molecule has 1 unspecified atom stereocenters. The fourth-order valence-corrected chi connectivity index (χ4v) is 2.67. The number of hydrogen-bond donors (Lipinski definition) is 2. The van der Waals surface area contributed by atoms with E-state index < -0.39 is 5.97 Å². The Hall–Kier alpha value is -2.35. The Morgan fingerprint density at radius 3 is 2.61 bits per heavy atom. The van der Waals surface area contributed by atoms with Crippen LogP contribution in [0.1, 0.15) is 35.9 Å². The summed E-state index contributed by atoms with van der Waals surface area (Å²) in [7, 11) is 0. The predicted molar refractivity (Wildman–Crippen MR) is 86.4 cm³/mol. The minimum Gasteiger partial charge on any atom is -0.476 e. The smallest absolute Gasteiger partial charge is 0.358 e. The first-order chi connectivity index (χ1) is 11.0. The van der Waals surface area contributed by atoms with E-state index in [4.69, 9.17) is 5.11 Å². The van der Waals surface area contributed by atoms with Crippen molar-refractivity contribution in [3.63, 3.8) is 0 Å². The number of carboxylic acid groups (broad SMARTS) is 1. The van der Waals surface area contributed by atoms with Gasteiger partial charge in [0, 0.05) is 4.90 Å². The summed E-state index contributed by atoms with van der Waals surface area (Å²) in [6, 6.07) is 7.89. The molecule has 0 aliphatic rings. The van der Waals surface area contributed by atoms with Gasteiger partial charge in [-0.05, 0) is 30.4 Å². The first kappa shape index (κ1) is 17.0. The van der Waals surface area contributed by atoms with E-state index in [0.717, 1.165) is 11.3 Å². The molecule has 0 aliphatic carbocycles. The number of nitrogens with one attached hydrogen (secondary N) is 1.